The predicted molar refractivity (Wildman–Crippen MR) is 51.0 cm³/mol. The average Bonchev–Trinajstić information content (AvgIpc) is 2.16. The molecule has 1 amide bonds. The summed E-state index contributed by atoms with van der Waals surface area (Å²) in [5.74, 6) is -1.69. The molecule has 0 radical (unpaired) electrons. The molecule has 84 valence electrons. The molecular formula is C10H15NO4. The first kappa shape index (κ1) is 10.4. The zero-order valence-corrected chi connectivity index (χ0v) is 8.52. The SMILES string of the molecule is O=C(O)[C@@H]1CC[C@@H]1C(=O)N1CCCOC1. The fourth-order valence-corrected chi connectivity index (χ4v) is 2.10. The monoisotopic (exact) mass is 213 g/mol. The minimum atomic E-state index is -0.850. The molecule has 1 saturated carbocycles. The molecular weight excluding hydrogens is 198 g/mol. The highest BCUT2D eigenvalue weighted by molar-refractivity contribution is 5.86. The van der Waals surface area contributed by atoms with Gasteiger partial charge in [-0.25, -0.2) is 0 Å². The number of hydrogen-bond acceptors (Lipinski definition) is 3. The van der Waals surface area contributed by atoms with Gasteiger partial charge in [0.1, 0.15) is 6.73 Å². The van der Waals surface area contributed by atoms with Crippen molar-refractivity contribution in [3.8, 4) is 0 Å². The van der Waals surface area contributed by atoms with Gasteiger partial charge in [0.05, 0.1) is 18.4 Å². The van der Waals surface area contributed by atoms with Gasteiger partial charge in [-0.2, -0.15) is 0 Å². The minimum absolute atomic E-state index is 0.0478. The Balaban J connectivity index is 1.92. The third-order valence-electron chi connectivity index (χ3n) is 3.18. The van der Waals surface area contributed by atoms with E-state index < -0.39 is 11.9 Å². The van der Waals surface area contributed by atoms with Crippen molar-refractivity contribution in [3.05, 3.63) is 0 Å². The number of carbonyl (C=O) groups is 2. The van der Waals surface area contributed by atoms with Crippen LogP contribution < -0.4 is 0 Å². The number of carbonyl (C=O) groups excluding carboxylic acids is 1. The topological polar surface area (TPSA) is 66.8 Å². The molecule has 15 heavy (non-hydrogen) atoms. The van der Waals surface area contributed by atoms with E-state index in [9.17, 15) is 9.59 Å². The summed E-state index contributed by atoms with van der Waals surface area (Å²) >= 11 is 0. The zero-order valence-electron chi connectivity index (χ0n) is 8.52. The molecule has 0 spiro atoms. The maximum absolute atomic E-state index is 11.9. The Morgan fingerprint density at radius 2 is 2.00 bits per heavy atom. The Morgan fingerprint density at radius 1 is 1.27 bits per heavy atom. The van der Waals surface area contributed by atoms with Crippen LogP contribution in [0.5, 0.6) is 0 Å². The zero-order chi connectivity index (χ0) is 10.8. The van der Waals surface area contributed by atoms with Gasteiger partial charge in [0, 0.05) is 6.54 Å². The first-order valence-corrected chi connectivity index (χ1v) is 5.29. The van der Waals surface area contributed by atoms with Gasteiger partial charge in [-0.1, -0.05) is 0 Å². The Bertz CT molecular complexity index is 273. The van der Waals surface area contributed by atoms with Crippen molar-refractivity contribution >= 4 is 11.9 Å². The lowest BCUT2D eigenvalue weighted by Crippen LogP contribution is -2.48. The van der Waals surface area contributed by atoms with Gasteiger partial charge in [0.15, 0.2) is 0 Å². The fraction of sp³-hybridized carbons (Fsp3) is 0.800. The second-order valence-corrected chi connectivity index (χ2v) is 4.12. The Kier molecular flexibility index (Phi) is 2.90. The number of nitrogens with zero attached hydrogens (tertiary/aromatic N) is 1. The van der Waals surface area contributed by atoms with Crippen molar-refractivity contribution in [1.82, 2.24) is 4.90 Å². The molecule has 1 saturated heterocycles. The van der Waals surface area contributed by atoms with E-state index in [1.54, 1.807) is 4.90 Å². The van der Waals surface area contributed by atoms with Gasteiger partial charge in [-0.05, 0) is 19.3 Å². The number of hydrogen-bond donors (Lipinski definition) is 1. The fourth-order valence-electron chi connectivity index (χ4n) is 2.10. The second-order valence-electron chi connectivity index (χ2n) is 4.12. The smallest absolute Gasteiger partial charge is 0.307 e. The standard InChI is InChI=1S/C10H15NO4/c12-9(11-4-1-5-15-6-11)7-2-3-8(7)10(13)14/h7-8H,1-6H2,(H,13,14)/t7-,8+/m0/s1. The summed E-state index contributed by atoms with van der Waals surface area (Å²) in [6, 6.07) is 0. The van der Waals surface area contributed by atoms with Crippen molar-refractivity contribution < 1.29 is 19.4 Å². The van der Waals surface area contributed by atoms with Crippen LogP contribution in [-0.4, -0.2) is 41.8 Å². The molecule has 1 aliphatic heterocycles. The van der Waals surface area contributed by atoms with Gasteiger partial charge >= 0.3 is 5.97 Å². The number of carboxylic acid groups (broad SMARTS) is 1. The summed E-state index contributed by atoms with van der Waals surface area (Å²) in [5, 5.41) is 8.85. The van der Waals surface area contributed by atoms with Crippen molar-refractivity contribution in [1.29, 1.82) is 0 Å². The Labute approximate surface area is 88.0 Å². The number of aliphatic carboxylic acids is 1. The van der Waals surface area contributed by atoms with E-state index >= 15 is 0 Å². The molecule has 1 aliphatic carbocycles. The lowest BCUT2D eigenvalue weighted by molar-refractivity contribution is -0.161. The summed E-state index contributed by atoms with van der Waals surface area (Å²) in [4.78, 5) is 24.3. The van der Waals surface area contributed by atoms with Crippen molar-refractivity contribution in [2.24, 2.45) is 11.8 Å². The summed E-state index contributed by atoms with van der Waals surface area (Å²) in [5.41, 5.74) is 0. The average molecular weight is 213 g/mol. The maximum Gasteiger partial charge on any atom is 0.307 e. The molecule has 0 bridgehead atoms. The highest BCUT2D eigenvalue weighted by Crippen LogP contribution is 2.36. The first-order chi connectivity index (χ1) is 7.20. The van der Waals surface area contributed by atoms with E-state index in [0.717, 1.165) is 6.42 Å². The third-order valence-corrected chi connectivity index (χ3v) is 3.18. The minimum Gasteiger partial charge on any atom is -0.481 e. The number of ether oxygens (including phenoxy) is 1. The molecule has 2 atom stereocenters. The van der Waals surface area contributed by atoms with Crippen LogP contribution in [0.3, 0.4) is 0 Å². The normalized spacial score (nSPS) is 30.8. The Hall–Kier alpha value is -1.10. The van der Waals surface area contributed by atoms with Crippen LogP contribution in [0.25, 0.3) is 0 Å². The maximum atomic E-state index is 11.9. The molecule has 1 N–H and O–H groups in total. The van der Waals surface area contributed by atoms with Crippen molar-refractivity contribution in [2.75, 3.05) is 19.9 Å². The molecule has 0 unspecified atom stereocenters. The Morgan fingerprint density at radius 3 is 2.47 bits per heavy atom. The highest BCUT2D eigenvalue weighted by Gasteiger charge is 2.43. The molecule has 5 heteroatoms. The van der Waals surface area contributed by atoms with Gasteiger partial charge in [0.2, 0.25) is 5.91 Å². The van der Waals surface area contributed by atoms with E-state index in [2.05, 4.69) is 0 Å². The lowest BCUT2D eigenvalue weighted by atomic mass is 9.73. The molecule has 2 aliphatic rings. The van der Waals surface area contributed by atoms with Crippen LogP contribution >= 0.6 is 0 Å². The number of rotatable bonds is 2. The molecule has 5 nitrogen and oxygen atoms in total. The molecule has 1 heterocycles. The van der Waals surface area contributed by atoms with Crippen LogP contribution in [0, 0.1) is 11.8 Å². The van der Waals surface area contributed by atoms with Crippen LogP contribution in [0.4, 0.5) is 0 Å². The second kappa shape index (κ2) is 4.18. The van der Waals surface area contributed by atoms with Gasteiger partial charge in [-0.3, -0.25) is 9.59 Å². The van der Waals surface area contributed by atoms with Gasteiger partial charge in [0.25, 0.3) is 0 Å². The summed E-state index contributed by atoms with van der Waals surface area (Å²) in [6.07, 6.45) is 2.17. The molecule has 2 fully saturated rings. The van der Waals surface area contributed by atoms with Crippen LogP contribution in [0.2, 0.25) is 0 Å². The largest absolute Gasteiger partial charge is 0.481 e. The molecule has 2 rings (SSSR count). The summed E-state index contributed by atoms with van der Waals surface area (Å²) < 4.78 is 5.18. The predicted octanol–water partition coefficient (Wildman–Crippen LogP) is 0.304. The third kappa shape index (κ3) is 1.97. The first-order valence-electron chi connectivity index (χ1n) is 5.29. The van der Waals surface area contributed by atoms with Crippen molar-refractivity contribution in [2.45, 2.75) is 19.3 Å². The van der Waals surface area contributed by atoms with E-state index in [4.69, 9.17) is 9.84 Å². The van der Waals surface area contributed by atoms with E-state index in [1.807, 2.05) is 0 Å². The van der Waals surface area contributed by atoms with E-state index in [1.165, 1.54) is 0 Å². The lowest BCUT2D eigenvalue weighted by Gasteiger charge is -2.37. The highest BCUT2D eigenvalue weighted by atomic mass is 16.5. The number of amides is 1. The molecule has 0 aromatic heterocycles. The molecule has 0 aromatic rings. The number of carboxylic acids is 1. The van der Waals surface area contributed by atoms with Gasteiger partial charge < -0.3 is 14.7 Å². The van der Waals surface area contributed by atoms with Gasteiger partial charge in [-0.15, -0.1) is 0 Å². The van der Waals surface area contributed by atoms with E-state index in [0.29, 0.717) is 32.7 Å². The van der Waals surface area contributed by atoms with Crippen LogP contribution in [-0.2, 0) is 14.3 Å². The van der Waals surface area contributed by atoms with E-state index in [-0.39, 0.29) is 11.8 Å². The van der Waals surface area contributed by atoms with Crippen LogP contribution in [0.1, 0.15) is 19.3 Å². The summed E-state index contributed by atoms with van der Waals surface area (Å²) in [6.45, 7) is 1.71. The van der Waals surface area contributed by atoms with Crippen LogP contribution in [0.15, 0.2) is 0 Å². The van der Waals surface area contributed by atoms with Crippen molar-refractivity contribution in [3.63, 3.8) is 0 Å². The quantitative estimate of drug-likeness (QED) is 0.716. The molecule has 0 aromatic carbocycles. The summed E-state index contributed by atoms with van der Waals surface area (Å²) in [7, 11) is 0.